The summed E-state index contributed by atoms with van der Waals surface area (Å²) < 4.78 is 39.5. The second kappa shape index (κ2) is 6.75. The molecule has 1 atom stereocenters. The first-order valence-corrected chi connectivity index (χ1v) is 6.88. The van der Waals surface area contributed by atoms with E-state index in [0.29, 0.717) is 6.54 Å². The maximum Gasteiger partial charge on any atom is 0.404 e. The molecule has 0 heterocycles. The Labute approximate surface area is 108 Å². The minimum Gasteiger partial charge on any atom is -0.330 e. The molecule has 1 aliphatic rings. The van der Waals surface area contributed by atoms with E-state index in [1.165, 1.54) is 0 Å². The van der Waals surface area contributed by atoms with Crippen LogP contribution >= 0.6 is 0 Å². The number of hydrogen-bond acceptors (Lipinski definition) is 2. The minimum absolute atomic E-state index is 0.00667. The fourth-order valence-corrected chi connectivity index (χ4v) is 2.86. The molecule has 0 bridgehead atoms. The monoisotopic (exact) mass is 266 g/mol. The van der Waals surface area contributed by atoms with E-state index in [1.807, 2.05) is 13.8 Å². The van der Waals surface area contributed by atoms with Gasteiger partial charge in [-0.25, -0.2) is 0 Å². The molecule has 2 N–H and O–H groups in total. The van der Waals surface area contributed by atoms with Crippen molar-refractivity contribution in [2.75, 3.05) is 13.1 Å². The largest absolute Gasteiger partial charge is 0.404 e. The molecule has 0 radical (unpaired) electrons. The van der Waals surface area contributed by atoms with Gasteiger partial charge in [0.25, 0.3) is 0 Å². The summed E-state index contributed by atoms with van der Waals surface area (Å²) in [5, 5.41) is 0. The van der Waals surface area contributed by atoms with E-state index in [2.05, 4.69) is 0 Å². The van der Waals surface area contributed by atoms with Gasteiger partial charge in [0.05, 0.1) is 0 Å². The molecule has 5 heteroatoms. The van der Waals surface area contributed by atoms with Crippen LogP contribution in [0.1, 0.15) is 46.0 Å². The second-order valence-corrected chi connectivity index (χ2v) is 5.66. The van der Waals surface area contributed by atoms with E-state index in [4.69, 9.17) is 5.73 Å². The number of hydrogen-bond donors (Lipinski definition) is 1. The van der Waals surface area contributed by atoms with Crippen LogP contribution in [0.5, 0.6) is 0 Å². The van der Waals surface area contributed by atoms with Crippen LogP contribution in [-0.2, 0) is 0 Å². The molecule has 1 unspecified atom stereocenters. The predicted molar refractivity (Wildman–Crippen MR) is 67.3 cm³/mol. The number of halogens is 3. The lowest BCUT2D eigenvalue weighted by Crippen LogP contribution is -2.52. The Morgan fingerprint density at radius 3 is 2.17 bits per heavy atom. The van der Waals surface area contributed by atoms with Gasteiger partial charge in [-0.1, -0.05) is 26.7 Å². The van der Waals surface area contributed by atoms with Gasteiger partial charge in [0.1, 0.15) is 6.04 Å². The molecule has 0 aromatic heterocycles. The zero-order valence-electron chi connectivity index (χ0n) is 11.3. The van der Waals surface area contributed by atoms with Crippen molar-refractivity contribution in [3.05, 3.63) is 0 Å². The van der Waals surface area contributed by atoms with E-state index in [1.54, 1.807) is 4.90 Å². The molecule has 0 aliphatic heterocycles. The Morgan fingerprint density at radius 1 is 1.22 bits per heavy atom. The van der Waals surface area contributed by atoms with Crippen molar-refractivity contribution in [2.45, 2.75) is 64.2 Å². The zero-order chi connectivity index (χ0) is 13.8. The highest BCUT2D eigenvalue weighted by Gasteiger charge is 2.45. The lowest BCUT2D eigenvalue weighted by molar-refractivity contribution is -0.192. The summed E-state index contributed by atoms with van der Waals surface area (Å²) in [6, 6.07) is -1.28. The molecule has 108 valence electrons. The molecule has 1 fully saturated rings. The maximum absolute atomic E-state index is 13.2. The molecule has 0 aromatic rings. The summed E-state index contributed by atoms with van der Waals surface area (Å²) >= 11 is 0. The average Bonchev–Trinajstić information content (AvgIpc) is 2.74. The summed E-state index contributed by atoms with van der Waals surface area (Å²) in [5.41, 5.74) is 5.37. The van der Waals surface area contributed by atoms with Crippen molar-refractivity contribution in [2.24, 2.45) is 11.7 Å². The molecule has 0 saturated heterocycles. The highest BCUT2D eigenvalue weighted by atomic mass is 19.4. The summed E-state index contributed by atoms with van der Waals surface area (Å²) in [4.78, 5) is 1.67. The average molecular weight is 266 g/mol. The van der Waals surface area contributed by atoms with Crippen LogP contribution in [0.15, 0.2) is 0 Å². The summed E-state index contributed by atoms with van der Waals surface area (Å²) in [7, 11) is 0. The summed E-state index contributed by atoms with van der Waals surface area (Å²) in [5.74, 6) is 0.244. The summed E-state index contributed by atoms with van der Waals surface area (Å²) in [6.07, 6.45) is -0.282. The van der Waals surface area contributed by atoms with Gasteiger partial charge < -0.3 is 5.73 Å². The highest BCUT2D eigenvalue weighted by molar-refractivity contribution is 4.87. The smallest absolute Gasteiger partial charge is 0.330 e. The van der Waals surface area contributed by atoms with E-state index in [9.17, 15) is 13.2 Å². The highest BCUT2D eigenvalue weighted by Crippen LogP contribution is 2.33. The van der Waals surface area contributed by atoms with E-state index < -0.39 is 12.2 Å². The standard InChI is InChI=1S/C13H25F3N2/c1-10(2)9-18(11-5-3-4-6-11)12(7-8-17)13(14,15)16/h10-12H,3-9,17H2,1-2H3. The third kappa shape index (κ3) is 4.43. The number of rotatable bonds is 6. The van der Waals surface area contributed by atoms with Gasteiger partial charge in [-0.2, -0.15) is 13.2 Å². The van der Waals surface area contributed by atoms with Crippen molar-refractivity contribution in [1.29, 1.82) is 0 Å². The van der Waals surface area contributed by atoms with E-state index in [0.717, 1.165) is 25.7 Å². The van der Waals surface area contributed by atoms with Gasteiger partial charge in [-0.3, -0.25) is 4.90 Å². The van der Waals surface area contributed by atoms with Crippen molar-refractivity contribution in [3.8, 4) is 0 Å². The molecular formula is C13H25F3N2. The van der Waals surface area contributed by atoms with Crippen molar-refractivity contribution in [3.63, 3.8) is 0 Å². The van der Waals surface area contributed by atoms with Crippen LogP contribution in [0.25, 0.3) is 0 Å². The van der Waals surface area contributed by atoms with Crippen molar-refractivity contribution >= 4 is 0 Å². The second-order valence-electron chi connectivity index (χ2n) is 5.66. The van der Waals surface area contributed by atoms with Crippen molar-refractivity contribution < 1.29 is 13.2 Å². The zero-order valence-corrected chi connectivity index (χ0v) is 11.3. The molecule has 0 amide bonds. The number of alkyl halides is 3. The normalized spacial score (nSPS) is 20.0. The Balaban J connectivity index is 2.82. The first kappa shape index (κ1) is 15.8. The molecule has 0 spiro atoms. The third-order valence-electron chi connectivity index (χ3n) is 3.59. The van der Waals surface area contributed by atoms with Gasteiger partial charge in [0.2, 0.25) is 0 Å². The van der Waals surface area contributed by atoms with Crippen LogP contribution < -0.4 is 5.73 Å². The fourth-order valence-electron chi connectivity index (χ4n) is 2.86. The van der Waals surface area contributed by atoms with Crippen LogP contribution in [0.4, 0.5) is 13.2 Å². The quantitative estimate of drug-likeness (QED) is 0.800. The van der Waals surface area contributed by atoms with Crippen LogP contribution in [-0.4, -0.2) is 36.2 Å². The van der Waals surface area contributed by atoms with E-state index in [-0.39, 0.29) is 24.9 Å². The van der Waals surface area contributed by atoms with Gasteiger partial charge >= 0.3 is 6.18 Å². The Hall–Kier alpha value is -0.290. The SMILES string of the molecule is CC(C)CN(C1CCCC1)C(CCN)C(F)(F)F. The van der Waals surface area contributed by atoms with Crippen LogP contribution in [0.2, 0.25) is 0 Å². The molecular weight excluding hydrogens is 241 g/mol. The lowest BCUT2D eigenvalue weighted by Gasteiger charge is -2.38. The molecule has 1 aliphatic carbocycles. The molecule has 1 rings (SSSR count). The van der Waals surface area contributed by atoms with Crippen LogP contribution in [0, 0.1) is 5.92 Å². The van der Waals surface area contributed by atoms with E-state index >= 15 is 0 Å². The first-order valence-electron chi connectivity index (χ1n) is 6.88. The van der Waals surface area contributed by atoms with Gasteiger partial charge in [-0.15, -0.1) is 0 Å². The summed E-state index contributed by atoms with van der Waals surface area (Å²) in [6.45, 7) is 4.54. The Kier molecular flexibility index (Phi) is 5.92. The maximum atomic E-state index is 13.2. The minimum atomic E-state index is -4.17. The lowest BCUT2D eigenvalue weighted by atomic mass is 10.0. The predicted octanol–water partition coefficient (Wildman–Crippen LogP) is 3.17. The third-order valence-corrected chi connectivity index (χ3v) is 3.59. The Bertz CT molecular complexity index is 235. The molecule has 0 aromatic carbocycles. The van der Waals surface area contributed by atoms with Crippen LogP contribution in [0.3, 0.4) is 0 Å². The van der Waals surface area contributed by atoms with Gasteiger partial charge in [0.15, 0.2) is 0 Å². The van der Waals surface area contributed by atoms with Gasteiger partial charge in [0, 0.05) is 12.6 Å². The fraction of sp³-hybridized carbons (Fsp3) is 1.00. The molecule has 1 saturated carbocycles. The van der Waals surface area contributed by atoms with Gasteiger partial charge in [-0.05, 0) is 31.7 Å². The molecule has 2 nitrogen and oxygen atoms in total. The van der Waals surface area contributed by atoms with Crippen molar-refractivity contribution in [1.82, 2.24) is 4.90 Å². The Morgan fingerprint density at radius 2 is 1.78 bits per heavy atom. The topological polar surface area (TPSA) is 29.3 Å². The number of nitrogens with zero attached hydrogens (tertiary/aromatic N) is 1. The number of nitrogens with two attached hydrogens (primary N) is 1. The molecule has 18 heavy (non-hydrogen) atoms. The first-order chi connectivity index (χ1) is 8.36.